The molecular formula is C26H32N2O4. The minimum absolute atomic E-state index is 0.00197. The molecule has 1 heterocycles. The van der Waals surface area contributed by atoms with Crippen molar-refractivity contribution in [1.29, 1.82) is 0 Å². The van der Waals surface area contributed by atoms with Crippen LogP contribution in [0.3, 0.4) is 0 Å². The van der Waals surface area contributed by atoms with E-state index < -0.39 is 0 Å². The van der Waals surface area contributed by atoms with Gasteiger partial charge < -0.3 is 24.1 Å². The van der Waals surface area contributed by atoms with Crippen LogP contribution in [0, 0.1) is 13.8 Å². The fraction of sp³-hybridized carbons (Fsp3) is 0.423. The first-order chi connectivity index (χ1) is 15.5. The molecule has 1 aliphatic rings. The van der Waals surface area contributed by atoms with Gasteiger partial charge in [-0.15, -0.1) is 0 Å². The van der Waals surface area contributed by atoms with E-state index in [0.717, 1.165) is 53.5 Å². The summed E-state index contributed by atoms with van der Waals surface area (Å²) in [5, 5.41) is 7.83. The van der Waals surface area contributed by atoms with E-state index in [2.05, 4.69) is 28.7 Å². The normalized spacial score (nSPS) is 15.0. The quantitative estimate of drug-likeness (QED) is 0.481. The van der Waals surface area contributed by atoms with Crippen molar-refractivity contribution in [3.8, 4) is 17.2 Å². The van der Waals surface area contributed by atoms with Gasteiger partial charge in [0, 0.05) is 12.1 Å². The van der Waals surface area contributed by atoms with E-state index in [9.17, 15) is 0 Å². The Morgan fingerprint density at radius 2 is 1.72 bits per heavy atom. The number of nitrogens with zero attached hydrogens (tertiary/aromatic N) is 1. The predicted octanol–water partition coefficient (Wildman–Crippen LogP) is 5.45. The number of rotatable bonds is 9. The molecule has 1 saturated carbocycles. The Hall–Kier alpha value is -2.99. The molecule has 1 N–H and O–H groups in total. The average Bonchev–Trinajstić information content (AvgIpc) is 3.44. The van der Waals surface area contributed by atoms with Gasteiger partial charge in [0.25, 0.3) is 0 Å². The molecule has 0 radical (unpaired) electrons. The van der Waals surface area contributed by atoms with Gasteiger partial charge in [0.05, 0.1) is 25.5 Å². The van der Waals surface area contributed by atoms with Crippen LogP contribution in [0.2, 0.25) is 0 Å². The number of nitrogens with one attached hydrogen (secondary N) is 1. The Morgan fingerprint density at radius 3 is 2.34 bits per heavy atom. The third-order valence-electron chi connectivity index (χ3n) is 6.51. The SMILES string of the molecule is COc1ccc(C2(NCc3ccc(OCc4c(C)noc4C)c(OC)c3)CCCC2)cc1. The minimum atomic E-state index is -0.00197. The van der Waals surface area contributed by atoms with Gasteiger partial charge in [0.2, 0.25) is 0 Å². The molecule has 0 bridgehead atoms. The van der Waals surface area contributed by atoms with Gasteiger partial charge >= 0.3 is 0 Å². The van der Waals surface area contributed by atoms with Crippen molar-refractivity contribution in [3.05, 3.63) is 70.6 Å². The molecule has 1 aliphatic carbocycles. The van der Waals surface area contributed by atoms with E-state index in [4.69, 9.17) is 18.7 Å². The molecule has 0 atom stereocenters. The van der Waals surface area contributed by atoms with E-state index in [-0.39, 0.29) is 5.54 Å². The molecule has 0 spiro atoms. The van der Waals surface area contributed by atoms with Crippen LogP contribution in [-0.2, 0) is 18.7 Å². The first-order valence-corrected chi connectivity index (χ1v) is 11.2. The van der Waals surface area contributed by atoms with Crippen molar-refractivity contribution >= 4 is 0 Å². The van der Waals surface area contributed by atoms with Crippen LogP contribution in [0.4, 0.5) is 0 Å². The Labute approximate surface area is 189 Å². The first kappa shape index (κ1) is 22.2. The number of hydrogen-bond donors (Lipinski definition) is 1. The summed E-state index contributed by atoms with van der Waals surface area (Å²) in [5.41, 5.74) is 4.30. The molecular weight excluding hydrogens is 404 g/mol. The monoisotopic (exact) mass is 436 g/mol. The molecule has 0 saturated heterocycles. The van der Waals surface area contributed by atoms with E-state index in [1.165, 1.54) is 18.4 Å². The van der Waals surface area contributed by atoms with Crippen LogP contribution in [0.1, 0.15) is 53.8 Å². The molecule has 3 aromatic rings. The Kier molecular flexibility index (Phi) is 6.70. The Balaban J connectivity index is 1.46. The van der Waals surface area contributed by atoms with Crippen molar-refractivity contribution in [1.82, 2.24) is 10.5 Å². The number of benzene rings is 2. The van der Waals surface area contributed by atoms with Crippen molar-refractivity contribution < 1.29 is 18.7 Å². The summed E-state index contributed by atoms with van der Waals surface area (Å²) >= 11 is 0. The molecule has 0 aliphatic heterocycles. The van der Waals surface area contributed by atoms with Gasteiger partial charge in [-0.05, 0) is 62.1 Å². The van der Waals surface area contributed by atoms with E-state index in [1.807, 2.05) is 38.1 Å². The van der Waals surface area contributed by atoms with E-state index in [0.29, 0.717) is 12.4 Å². The lowest BCUT2D eigenvalue weighted by molar-refractivity contribution is 0.281. The maximum atomic E-state index is 6.02. The molecule has 32 heavy (non-hydrogen) atoms. The highest BCUT2D eigenvalue weighted by Gasteiger charge is 2.35. The van der Waals surface area contributed by atoms with Crippen molar-refractivity contribution in [2.24, 2.45) is 0 Å². The van der Waals surface area contributed by atoms with Gasteiger partial charge in [0.1, 0.15) is 18.1 Å². The summed E-state index contributed by atoms with van der Waals surface area (Å²) < 4.78 is 22.2. The lowest BCUT2D eigenvalue weighted by Gasteiger charge is -2.31. The summed E-state index contributed by atoms with van der Waals surface area (Å²) in [6, 6.07) is 14.6. The largest absolute Gasteiger partial charge is 0.497 e. The second-order valence-corrected chi connectivity index (χ2v) is 8.45. The summed E-state index contributed by atoms with van der Waals surface area (Å²) in [6.45, 7) is 4.97. The summed E-state index contributed by atoms with van der Waals surface area (Å²) in [6.07, 6.45) is 4.73. The molecule has 2 aromatic carbocycles. The van der Waals surface area contributed by atoms with Crippen LogP contribution in [0.5, 0.6) is 17.2 Å². The molecule has 170 valence electrons. The molecule has 1 aromatic heterocycles. The zero-order valence-electron chi connectivity index (χ0n) is 19.4. The van der Waals surface area contributed by atoms with Gasteiger partial charge in [-0.1, -0.05) is 36.2 Å². The van der Waals surface area contributed by atoms with Crippen LogP contribution < -0.4 is 19.5 Å². The first-order valence-electron chi connectivity index (χ1n) is 11.2. The minimum Gasteiger partial charge on any atom is -0.497 e. The zero-order chi connectivity index (χ0) is 22.6. The molecule has 1 fully saturated rings. The van der Waals surface area contributed by atoms with E-state index in [1.54, 1.807) is 14.2 Å². The number of aromatic nitrogens is 1. The topological polar surface area (TPSA) is 65.8 Å². The molecule has 0 unspecified atom stereocenters. The Morgan fingerprint density at radius 1 is 0.969 bits per heavy atom. The van der Waals surface area contributed by atoms with Crippen LogP contribution in [0.25, 0.3) is 0 Å². The third-order valence-corrected chi connectivity index (χ3v) is 6.51. The van der Waals surface area contributed by atoms with Gasteiger partial charge in [0.15, 0.2) is 11.5 Å². The van der Waals surface area contributed by atoms with Gasteiger partial charge in [-0.3, -0.25) is 0 Å². The number of methoxy groups -OCH3 is 2. The summed E-state index contributed by atoms with van der Waals surface area (Å²) in [5.74, 6) is 3.10. The summed E-state index contributed by atoms with van der Waals surface area (Å²) in [4.78, 5) is 0. The third kappa shape index (κ3) is 4.60. The fourth-order valence-corrected chi connectivity index (χ4v) is 4.53. The second kappa shape index (κ2) is 9.65. The zero-order valence-corrected chi connectivity index (χ0v) is 19.4. The van der Waals surface area contributed by atoms with Crippen molar-refractivity contribution in [2.45, 2.75) is 58.2 Å². The molecule has 6 heteroatoms. The molecule has 4 rings (SSSR count). The standard InChI is InChI=1S/C26H32N2O4/c1-18-23(19(2)32-28-18)17-31-24-12-7-20(15-25(24)30-4)16-27-26(13-5-6-14-26)21-8-10-22(29-3)11-9-21/h7-12,15,27H,5-6,13-14,16-17H2,1-4H3. The summed E-state index contributed by atoms with van der Waals surface area (Å²) in [7, 11) is 3.37. The lowest BCUT2D eigenvalue weighted by atomic mass is 9.88. The maximum Gasteiger partial charge on any atom is 0.161 e. The Bertz CT molecular complexity index is 1020. The van der Waals surface area contributed by atoms with Crippen molar-refractivity contribution in [2.75, 3.05) is 14.2 Å². The second-order valence-electron chi connectivity index (χ2n) is 8.45. The maximum absolute atomic E-state index is 6.02. The molecule has 6 nitrogen and oxygen atoms in total. The predicted molar refractivity (Wildman–Crippen MR) is 123 cm³/mol. The number of aryl methyl sites for hydroxylation is 2. The number of hydrogen-bond acceptors (Lipinski definition) is 6. The van der Waals surface area contributed by atoms with Crippen molar-refractivity contribution in [3.63, 3.8) is 0 Å². The smallest absolute Gasteiger partial charge is 0.161 e. The average molecular weight is 437 g/mol. The van der Waals surface area contributed by atoms with E-state index >= 15 is 0 Å². The fourth-order valence-electron chi connectivity index (χ4n) is 4.53. The van der Waals surface area contributed by atoms with Crippen LogP contribution in [0.15, 0.2) is 47.0 Å². The van der Waals surface area contributed by atoms with Gasteiger partial charge in [-0.25, -0.2) is 0 Å². The van der Waals surface area contributed by atoms with Gasteiger partial charge in [-0.2, -0.15) is 0 Å². The van der Waals surface area contributed by atoms with Crippen LogP contribution in [-0.4, -0.2) is 19.4 Å². The number of ether oxygens (including phenoxy) is 3. The lowest BCUT2D eigenvalue weighted by Crippen LogP contribution is -2.39. The highest BCUT2D eigenvalue weighted by atomic mass is 16.5. The molecule has 0 amide bonds. The highest BCUT2D eigenvalue weighted by Crippen LogP contribution is 2.40. The highest BCUT2D eigenvalue weighted by molar-refractivity contribution is 5.43. The van der Waals surface area contributed by atoms with Crippen LogP contribution >= 0.6 is 0 Å².